The summed E-state index contributed by atoms with van der Waals surface area (Å²) in [5, 5.41) is 0. The molecule has 0 spiro atoms. The van der Waals surface area contributed by atoms with Crippen molar-refractivity contribution in [1.82, 2.24) is 4.98 Å². The average Bonchev–Trinajstić information content (AvgIpc) is 2.81. The Balaban J connectivity index is 2.05. The van der Waals surface area contributed by atoms with Gasteiger partial charge in [0.25, 0.3) is 0 Å². The van der Waals surface area contributed by atoms with Gasteiger partial charge in [0, 0.05) is 23.5 Å². The first kappa shape index (κ1) is 21.3. The lowest BCUT2D eigenvalue weighted by atomic mass is 9.99. The lowest BCUT2D eigenvalue weighted by Crippen LogP contribution is -2.37. The summed E-state index contributed by atoms with van der Waals surface area (Å²) in [7, 11) is -0.130. The third kappa shape index (κ3) is 4.95. The number of aromatic nitrogens is 1. The number of hydrogen-bond donors (Lipinski definition) is 0. The van der Waals surface area contributed by atoms with Gasteiger partial charge in [-0.1, -0.05) is 63.2 Å². The highest BCUT2D eigenvalue weighted by Gasteiger charge is 2.33. The molecule has 3 aromatic rings. The van der Waals surface area contributed by atoms with E-state index in [9.17, 15) is 0 Å². The second-order valence-corrected chi connectivity index (χ2v) is 12.1. The van der Waals surface area contributed by atoms with Gasteiger partial charge in [-0.3, -0.25) is 4.98 Å². The van der Waals surface area contributed by atoms with E-state index in [4.69, 9.17) is 9.16 Å². The van der Waals surface area contributed by atoms with Gasteiger partial charge >= 0.3 is 0 Å². The van der Waals surface area contributed by atoms with Crippen molar-refractivity contribution in [3.05, 3.63) is 84.2 Å². The molecule has 0 aliphatic carbocycles. The van der Waals surface area contributed by atoms with Gasteiger partial charge in [0.1, 0.15) is 5.75 Å². The smallest absolute Gasteiger partial charge is 0.193 e. The van der Waals surface area contributed by atoms with Crippen molar-refractivity contribution < 1.29 is 9.16 Å². The fourth-order valence-corrected chi connectivity index (χ4v) is 6.52. The first-order chi connectivity index (χ1) is 14.1. The Labute approximate surface area is 175 Å². The van der Waals surface area contributed by atoms with E-state index in [2.05, 4.69) is 68.2 Å². The molecular formula is C25H31NO2Si. The van der Waals surface area contributed by atoms with Crippen LogP contribution in [0.5, 0.6) is 5.75 Å². The van der Waals surface area contributed by atoms with Crippen molar-refractivity contribution >= 4 is 8.32 Å². The summed E-state index contributed by atoms with van der Waals surface area (Å²) in [4.78, 5) is 4.56. The highest BCUT2D eigenvalue weighted by atomic mass is 28.4. The van der Waals surface area contributed by atoms with Crippen LogP contribution in [0.2, 0.25) is 18.1 Å². The van der Waals surface area contributed by atoms with E-state index in [1.807, 2.05) is 30.6 Å². The van der Waals surface area contributed by atoms with Gasteiger partial charge in [-0.2, -0.15) is 0 Å². The average molecular weight is 406 g/mol. The van der Waals surface area contributed by atoms with E-state index in [1.165, 1.54) is 5.56 Å². The maximum Gasteiger partial charge on any atom is 0.193 e. The maximum atomic E-state index is 6.98. The van der Waals surface area contributed by atoms with Crippen LogP contribution in [0.3, 0.4) is 0 Å². The normalized spacial score (nSPS) is 12.6. The molecule has 1 atom stereocenters. The molecule has 0 saturated carbocycles. The van der Waals surface area contributed by atoms with Gasteiger partial charge in [-0.25, -0.2) is 0 Å². The molecule has 152 valence electrons. The highest BCUT2D eigenvalue weighted by Crippen LogP contribution is 2.35. The maximum absolute atomic E-state index is 6.98. The molecule has 0 bridgehead atoms. The van der Waals surface area contributed by atoms with Crippen LogP contribution in [-0.4, -0.2) is 20.4 Å². The largest absolute Gasteiger partial charge is 0.497 e. The minimum Gasteiger partial charge on any atom is -0.497 e. The number of methoxy groups -OCH3 is 1. The molecule has 0 N–H and O–H groups in total. The Kier molecular flexibility index (Phi) is 7.23. The fourth-order valence-electron chi connectivity index (χ4n) is 3.75. The molecule has 0 saturated heterocycles. The number of ether oxygens (including phenoxy) is 1. The standard InChI is InChI=1S/C25H31NO2Si/c1-5-29(6-2,7-3)28-25(21-13-15-24(27-4)16-14-21)23-17-22(18-26-19-23)20-11-9-8-10-12-20/h8-19,25H,5-7H2,1-4H3. The minimum atomic E-state index is -1.82. The Morgan fingerprint density at radius 2 is 1.45 bits per heavy atom. The molecule has 1 unspecified atom stereocenters. The molecule has 0 aliphatic rings. The van der Waals surface area contributed by atoms with Crippen LogP contribution >= 0.6 is 0 Å². The first-order valence-electron chi connectivity index (χ1n) is 10.5. The molecule has 1 heterocycles. The van der Waals surface area contributed by atoms with E-state index in [-0.39, 0.29) is 6.10 Å². The van der Waals surface area contributed by atoms with Crippen molar-refractivity contribution in [3.8, 4) is 16.9 Å². The summed E-state index contributed by atoms with van der Waals surface area (Å²) in [6, 6.07) is 24.2. The van der Waals surface area contributed by atoms with E-state index >= 15 is 0 Å². The number of nitrogens with zero attached hydrogens (tertiary/aromatic N) is 1. The van der Waals surface area contributed by atoms with E-state index < -0.39 is 8.32 Å². The van der Waals surface area contributed by atoms with Crippen molar-refractivity contribution in [2.24, 2.45) is 0 Å². The van der Waals surface area contributed by atoms with Gasteiger partial charge in [-0.05, 0) is 47.5 Å². The Morgan fingerprint density at radius 3 is 2.03 bits per heavy atom. The van der Waals surface area contributed by atoms with E-state index in [1.54, 1.807) is 7.11 Å². The van der Waals surface area contributed by atoms with E-state index in [0.717, 1.165) is 40.6 Å². The van der Waals surface area contributed by atoms with Crippen LogP contribution < -0.4 is 4.74 Å². The van der Waals surface area contributed by atoms with Crippen LogP contribution in [0.25, 0.3) is 11.1 Å². The monoisotopic (exact) mass is 405 g/mol. The SMILES string of the molecule is CC[Si](CC)(CC)OC(c1ccc(OC)cc1)c1cncc(-c2ccccc2)c1. The molecular weight excluding hydrogens is 374 g/mol. The molecule has 29 heavy (non-hydrogen) atoms. The van der Waals surface area contributed by atoms with Crippen LogP contribution in [0, 0.1) is 0 Å². The van der Waals surface area contributed by atoms with Crippen molar-refractivity contribution in [1.29, 1.82) is 0 Å². The molecule has 1 aromatic heterocycles. The van der Waals surface area contributed by atoms with Crippen molar-refractivity contribution in [2.45, 2.75) is 45.0 Å². The molecule has 0 radical (unpaired) electrons. The fraction of sp³-hybridized carbons (Fsp3) is 0.320. The second kappa shape index (κ2) is 9.86. The molecule has 0 aliphatic heterocycles. The lowest BCUT2D eigenvalue weighted by molar-refractivity contribution is 0.229. The molecule has 0 fully saturated rings. The summed E-state index contributed by atoms with van der Waals surface area (Å²) in [6.07, 6.45) is 3.75. The highest BCUT2D eigenvalue weighted by molar-refractivity contribution is 6.73. The predicted octanol–water partition coefficient (Wildman–Crippen LogP) is 6.87. The molecule has 3 nitrogen and oxygen atoms in total. The zero-order valence-electron chi connectivity index (χ0n) is 17.9. The lowest BCUT2D eigenvalue weighted by Gasteiger charge is -2.34. The van der Waals surface area contributed by atoms with Gasteiger partial charge < -0.3 is 9.16 Å². The van der Waals surface area contributed by atoms with Crippen molar-refractivity contribution in [2.75, 3.05) is 7.11 Å². The molecule has 4 heteroatoms. The number of hydrogen-bond acceptors (Lipinski definition) is 3. The van der Waals surface area contributed by atoms with Gasteiger partial charge in [-0.15, -0.1) is 0 Å². The Bertz CT molecular complexity index is 884. The number of rotatable bonds is 9. The summed E-state index contributed by atoms with van der Waals surface area (Å²) >= 11 is 0. The summed E-state index contributed by atoms with van der Waals surface area (Å²) in [5.41, 5.74) is 4.52. The summed E-state index contributed by atoms with van der Waals surface area (Å²) in [5.74, 6) is 0.855. The topological polar surface area (TPSA) is 31.4 Å². The van der Waals surface area contributed by atoms with Crippen LogP contribution in [-0.2, 0) is 4.43 Å². The third-order valence-corrected chi connectivity index (χ3v) is 10.5. The van der Waals surface area contributed by atoms with Crippen LogP contribution in [0.15, 0.2) is 73.1 Å². The van der Waals surface area contributed by atoms with Gasteiger partial charge in [0.2, 0.25) is 0 Å². The first-order valence-corrected chi connectivity index (χ1v) is 13.0. The second-order valence-electron chi connectivity index (χ2n) is 7.39. The van der Waals surface area contributed by atoms with Gasteiger partial charge in [0.05, 0.1) is 13.2 Å². The summed E-state index contributed by atoms with van der Waals surface area (Å²) in [6.45, 7) is 6.80. The zero-order chi connectivity index (χ0) is 20.7. The number of benzene rings is 2. The van der Waals surface area contributed by atoms with E-state index in [0.29, 0.717) is 0 Å². The third-order valence-electron chi connectivity index (χ3n) is 5.89. The molecule has 2 aromatic carbocycles. The number of pyridine rings is 1. The van der Waals surface area contributed by atoms with Crippen molar-refractivity contribution in [3.63, 3.8) is 0 Å². The Hall–Kier alpha value is -2.43. The van der Waals surface area contributed by atoms with Crippen LogP contribution in [0.4, 0.5) is 0 Å². The summed E-state index contributed by atoms with van der Waals surface area (Å²) < 4.78 is 12.3. The molecule has 3 rings (SSSR count). The minimum absolute atomic E-state index is 0.122. The Morgan fingerprint density at radius 1 is 0.793 bits per heavy atom. The predicted molar refractivity (Wildman–Crippen MR) is 123 cm³/mol. The zero-order valence-corrected chi connectivity index (χ0v) is 18.9. The van der Waals surface area contributed by atoms with Gasteiger partial charge in [0.15, 0.2) is 8.32 Å². The van der Waals surface area contributed by atoms with Crippen LogP contribution in [0.1, 0.15) is 38.0 Å². The molecule has 0 amide bonds. The quantitative estimate of drug-likeness (QED) is 0.364.